The largest absolute Gasteiger partial charge is 0.383 e. The Morgan fingerprint density at radius 3 is 2.52 bits per heavy atom. The average molecular weight is 388 g/mol. The second-order valence-electron chi connectivity index (χ2n) is 4.49. The lowest BCUT2D eigenvalue weighted by atomic mass is 10.2. The Morgan fingerprint density at radius 2 is 1.96 bits per heavy atom. The molecule has 0 aliphatic rings. The van der Waals surface area contributed by atoms with Crippen molar-refractivity contribution in [3.05, 3.63) is 32.8 Å². The molecule has 0 heterocycles. The maximum Gasteiger partial charge on any atom is 0.289 e. The third kappa shape index (κ3) is 6.58. The van der Waals surface area contributed by atoms with Crippen molar-refractivity contribution in [3.63, 3.8) is 0 Å². The Balaban J connectivity index is 0.00000484. The van der Waals surface area contributed by atoms with Crippen molar-refractivity contribution in [2.45, 2.75) is 11.8 Å². The Labute approximate surface area is 146 Å². The molecule has 0 saturated heterocycles. The van der Waals surface area contributed by atoms with Crippen LogP contribution in [0.15, 0.2) is 17.0 Å². The van der Waals surface area contributed by atoms with E-state index in [0.717, 1.165) is 0 Å². The minimum atomic E-state index is -3.92. The van der Waals surface area contributed by atoms with E-state index in [0.29, 0.717) is 25.3 Å². The Kier molecular flexibility index (Phi) is 9.59. The lowest BCUT2D eigenvalue weighted by Gasteiger charge is -2.10. The molecule has 0 saturated carbocycles. The first-order chi connectivity index (χ1) is 10.3. The van der Waals surface area contributed by atoms with E-state index in [4.69, 9.17) is 16.3 Å². The van der Waals surface area contributed by atoms with Crippen LogP contribution in [0.5, 0.6) is 0 Å². The molecule has 1 aromatic rings. The van der Waals surface area contributed by atoms with Gasteiger partial charge in [0.1, 0.15) is 9.92 Å². The van der Waals surface area contributed by atoms with Crippen molar-refractivity contribution in [2.24, 2.45) is 0 Å². The molecule has 0 fully saturated rings. The van der Waals surface area contributed by atoms with E-state index >= 15 is 0 Å². The van der Waals surface area contributed by atoms with Gasteiger partial charge in [0.05, 0.1) is 11.5 Å². The number of sulfonamides is 1. The number of hydrogen-bond acceptors (Lipinski definition) is 6. The number of nitrogens with zero attached hydrogens (tertiary/aromatic N) is 1. The van der Waals surface area contributed by atoms with Crippen molar-refractivity contribution < 1.29 is 18.1 Å². The van der Waals surface area contributed by atoms with E-state index in [-0.39, 0.29) is 23.8 Å². The highest BCUT2D eigenvalue weighted by molar-refractivity contribution is 7.89. The van der Waals surface area contributed by atoms with E-state index in [1.165, 1.54) is 12.1 Å². The van der Waals surface area contributed by atoms with Crippen LogP contribution >= 0.6 is 24.0 Å². The number of benzene rings is 1. The molecule has 0 unspecified atom stereocenters. The van der Waals surface area contributed by atoms with E-state index < -0.39 is 25.7 Å². The maximum atomic E-state index is 12.2. The van der Waals surface area contributed by atoms with Gasteiger partial charge in [-0.1, -0.05) is 11.6 Å². The average Bonchev–Trinajstić information content (AvgIpc) is 2.44. The third-order valence-electron chi connectivity index (χ3n) is 2.73. The van der Waals surface area contributed by atoms with E-state index in [9.17, 15) is 18.5 Å². The molecule has 1 aromatic carbocycles. The van der Waals surface area contributed by atoms with Crippen LogP contribution in [0.4, 0.5) is 5.69 Å². The van der Waals surface area contributed by atoms with Crippen molar-refractivity contribution in [2.75, 3.05) is 33.4 Å². The van der Waals surface area contributed by atoms with Crippen LogP contribution in [0.2, 0.25) is 5.02 Å². The number of nitro benzene ring substituents is 1. The number of aryl methyl sites for hydroxylation is 1. The molecule has 0 radical (unpaired) electrons. The number of methoxy groups -OCH3 is 1. The molecule has 0 amide bonds. The molecule has 0 aliphatic carbocycles. The normalized spacial score (nSPS) is 11.1. The summed E-state index contributed by atoms with van der Waals surface area (Å²) in [4.78, 5) is 9.90. The van der Waals surface area contributed by atoms with Crippen LogP contribution in [-0.4, -0.2) is 46.7 Å². The minimum absolute atomic E-state index is 0. The predicted octanol–water partition coefficient (Wildman–Crippen LogP) is 1.49. The summed E-state index contributed by atoms with van der Waals surface area (Å²) in [5.74, 6) is 0. The van der Waals surface area contributed by atoms with Gasteiger partial charge in [0.25, 0.3) is 5.69 Å². The molecule has 11 heteroatoms. The first kappa shape index (κ1) is 22.0. The molecule has 0 atom stereocenters. The summed E-state index contributed by atoms with van der Waals surface area (Å²) < 4.78 is 31.6. The van der Waals surface area contributed by atoms with Crippen LogP contribution in [0.3, 0.4) is 0 Å². The molecular formula is C12H19Cl2N3O5S. The van der Waals surface area contributed by atoms with Crippen LogP contribution in [0.1, 0.15) is 5.56 Å². The summed E-state index contributed by atoms with van der Waals surface area (Å²) in [6.07, 6.45) is 0. The molecule has 2 N–H and O–H groups in total. The fourth-order valence-corrected chi connectivity index (χ4v) is 3.39. The minimum Gasteiger partial charge on any atom is -0.383 e. The second-order valence-corrected chi connectivity index (χ2v) is 6.61. The van der Waals surface area contributed by atoms with E-state index in [2.05, 4.69) is 10.0 Å². The first-order valence-electron chi connectivity index (χ1n) is 6.43. The molecular weight excluding hydrogens is 369 g/mol. The van der Waals surface area contributed by atoms with Crippen molar-refractivity contribution in [3.8, 4) is 0 Å². The molecule has 0 bridgehead atoms. The SMILES string of the molecule is COCCNCCNS(=O)(=O)c1cc(C)cc([N+](=O)[O-])c1Cl.Cl. The predicted molar refractivity (Wildman–Crippen MR) is 90.0 cm³/mol. The van der Waals surface area contributed by atoms with Gasteiger partial charge in [0, 0.05) is 32.8 Å². The smallest absolute Gasteiger partial charge is 0.289 e. The zero-order chi connectivity index (χ0) is 16.8. The first-order valence-corrected chi connectivity index (χ1v) is 8.29. The van der Waals surface area contributed by atoms with Crippen molar-refractivity contribution in [1.29, 1.82) is 0 Å². The Morgan fingerprint density at radius 1 is 1.30 bits per heavy atom. The van der Waals surface area contributed by atoms with Gasteiger partial charge in [-0.3, -0.25) is 10.1 Å². The van der Waals surface area contributed by atoms with Gasteiger partial charge in [-0.2, -0.15) is 0 Å². The highest BCUT2D eigenvalue weighted by Crippen LogP contribution is 2.32. The summed E-state index contributed by atoms with van der Waals surface area (Å²) in [6.45, 7) is 3.20. The Hall–Kier alpha value is -0.970. The van der Waals surface area contributed by atoms with Crippen LogP contribution in [0, 0.1) is 17.0 Å². The maximum absolute atomic E-state index is 12.2. The molecule has 0 spiro atoms. The van der Waals surface area contributed by atoms with Gasteiger partial charge in [-0.05, 0) is 18.6 Å². The molecule has 1 rings (SSSR count). The monoisotopic (exact) mass is 387 g/mol. The zero-order valence-corrected chi connectivity index (χ0v) is 15.1. The standard InChI is InChI=1S/C12H18ClN3O5S.ClH/c1-9-7-10(16(17)18)12(13)11(8-9)22(19,20)15-4-3-14-5-6-21-2;/h7-8,14-15H,3-6H2,1-2H3;1H. The summed E-state index contributed by atoms with van der Waals surface area (Å²) >= 11 is 5.85. The van der Waals surface area contributed by atoms with Crippen LogP contribution in [-0.2, 0) is 14.8 Å². The molecule has 23 heavy (non-hydrogen) atoms. The number of ether oxygens (including phenoxy) is 1. The number of nitro groups is 1. The van der Waals surface area contributed by atoms with Gasteiger partial charge in [0.15, 0.2) is 0 Å². The summed E-state index contributed by atoms with van der Waals surface area (Å²) in [5, 5.41) is 13.5. The van der Waals surface area contributed by atoms with Crippen LogP contribution in [0.25, 0.3) is 0 Å². The lowest BCUT2D eigenvalue weighted by molar-refractivity contribution is -0.385. The van der Waals surface area contributed by atoms with Crippen molar-refractivity contribution in [1.82, 2.24) is 10.0 Å². The lowest BCUT2D eigenvalue weighted by Crippen LogP contribution is -2.33. The van der Waals surface area contributed by atoms with E-state index in [1.807, 2.05) is 0 Å². The molecule has 0 aromatic heterocycles. The molecule has 0 aliphatic heterocycles. The van der Waals surface area contributed by atoms with Crippen LogP contribution < -0.4 is 10.0 Å². The fraction of sp³-hybridized carbons (Fsp3) is 0.500. The number of nitrogens with one attached hydrogen (secondary N) is 2. The third-order valence-corrected chi connectivity index (χ3v) is 4.72. The zero-order valence-electron chi connectivity index (χ0n) is 12.7. The van der Waals surface area contributed by atoms with E-state index in [1.54, 1.807) is 14.0 Å². The van der Waals surface area contributed by atoms with Gasteiger partial charge in [0.2, 0.25) is 10.0 Å². The van der Waals surface area contributed by atoms with Crippen molar-refractivity contribution >= 4 is 39.7 Å². The second kappa shape index (κ2) is 10.0. The van der Waals surface area contributed by atoms with Gasteiger partial charge in [-0.25, -0.2) is 13.1 Å². The van der Waals surface area contributed by atoms with Gasteiger partial charge < -0.3 is 10.1 Å². The van der Waals surface area contributed by atoms with Gasteiger partial charge >= 0.3 is 0 Å². The Bertz CT molecular complexity index is 640. The topological polar surface area (TPSA) is 111 Å². The highest BCUT2D eigenvalue weighted by Gasteiger charge is 2.25. The number of hydrogen-bond donors (Lipinski definition) is 2. The molecule has 132 valence electrons. The number of rotatable bonds is 9. The fourth-order valence-electron chi connectivity index (χ4n) is 1.70. The highest BCUT2D eigenvalue weighted by atomic mass is 35.5. The quantitative estimate of drug-likeness (QED) is 0.377. The van der Waals surface area contributed by atoms with Gasteiger partial charge in [-0.15, -0.1) is 12.4 Å². The summed E-state index contributed by atoms with van der Waals surface area (Å²) in [5.41, 5.74) is 0.00922. The summed E-state index contributed by atoms with van der Waals surface area (Å²) in [6, 6.07) is 2.53. The molecule has 8 nitrogen and oxygen atoms in total. The summed E-state index contributed by atoms with van der Waals surface area (Å²) in [7, 11) is -2.35. The number of halogens is 2.